The number of imidazole rings is 1. The molecule has 1 aromatic carbocycles. The number of phenolic OH excluding ortho intramolecular Hbond substituents is 1. The molecule has 0 bridgehead atoms. The van der Waals surface area contributed by atoms with Crippen molar-refractivity contribution in [3.63, 3.8) is 0 Å². The molecule has 13 heteroatoms. The van der Waals surface area contributed by atoms with E-state index in [1.54, 1.807) is 0 Å². The summed E-state index contributed by atoms with van der Waals surface area (Å²) < 4.78 is 0. The van der Waals surface area contributed by atoms with Crippen molar-refractivity contribution in [1.29, 1.82) is 0 Å². The van der Waals surface area contributed by atoms with Crippen LogP contribution in [0.1, 0.15) is 18.2 Å². The maximum absolute atomic E-state index is 13.0. The third kappa shape index (κ3) is 7.86. The highest BCUT2D eigenvalue weighted by Gasteiger charge is 2.31. The molecular weight excluding hydrogens is 448 g/mol. The van der Waals surface area contributed by atoms with Gasteiger partial charge in [-0.05, 0) is 24.6 Å². The Bertz CT molecular complexity index is 978. The minimum Gasteiger partial charge on any atom is -0.508 e. The number of benzene rings is 1. The zero-order chi connectivity index (χ0) is 25.3. The van der Waals surface area contributed by atoms with Crippen LogP contribution in [0.15, 0.2) is 36.8 Å². The summed E-state index contributed by atoms with van der Waals surface area (Å²) in [6.45, 7) is 0.864. The summed E-state index contributed by atoms with van der Waals surface area (Å²) in [7, 11) is 0. The number of aliphatic hydroxyl groups excluding tert-OH is 1. The summed E-state index contributed by atoms with van der Waals surface area (Å²) in [5.41, 5.74) is 6.28. The van der Waals surface area contributed by atoms with Gasteiger partial charge in [-0.3, -0.25) is 14.4 Å². The summed E-state index contributed by atoms with van der Waals surface area (Å²) in [5.74, 6) is -3.65. The number of amides is 3. The van der Waals surface area contributed by atoms with Gasteiger partial charge in [0.2, 0.25) is 17.7 Å². The largest absolute Gasteiger partial charge is 0.508 e. The number of phenols is 1. The van der Waals surface area contributed by atoms with Crippen LogP contribution in [0.25, 0.3) is 0 Å². The van der Waals surface area contributed by atoms with Crippen molar-refractivity contribution in [2.24, 2.45) is 5.73 Å². The molecule has 1 aromatic heterocycles. The van der Waals surface area contributed by atoms with Crippen LogP contribution in [0, 0.1) is 0 Å². The Labute approximate surface area is 194 Å². The van der Waals surface area contributed by atoms with Crippen molar-refractivity contribution in [3.8, 4) is 5.75 Å². The Kier molecular flexibility index (Phi) is 9.52. The fourth-order valence-electron chi connectivity index (χ4n) is 3.06. The molecule has 4 unspecified atom stereocenters. The molecule has 3 amide bonds. The zero-order valence-electron chi connectivity index (χ0n) is 18.4. The van der Waals surface area contributed by atoms with Gasteiger partial charge in [0, 0.05) is 24.7 Å². The summed E-state index contributed by atoms with van der Waals surface area (Å²) in [6, 6.07) is 1.86. The number of nitrogens with zero attached hydrogens (tertiary/aromatic N) is 1. The molecule has 0 spiro atoms. The molecule has 1 heterocycles. The van der Waals surface area contributed by atoms with Gasteiger partial charge in [0.1, 0.15) is 23.9 Å². The van der Waals surface area contributed by atoms with Crippen molar-refractivity contribution in [3.05, 3.63) is 48.0 Å². The van der Waals surface area contributed by atoms with Crippen LogP contribution in [0.2, 0.25) is 0 Å². The Morgan fingerprint density at radius 1 is 1.03 bits per heavy atom. The van der Waals surface area contributed by atoms with Crippen molar-refractivity contribution in [2.45, 2.75) is 44.0 Å². The molecule has 184 valence electrons. The van der Waals surface area contributed by atoms with Crippen LogP contribution < -0.4 is 21.7 Å². The zero-order valence-corrected chi connectivity index (χ0v) is 18.4. The number of aromatic amines is 1. The number of carbonyl (C=O) groups is 4. The Hall–Kier alpha value is -3.97. The van der Waals surface area contributed by atoms with E-state index >= 15 is 0 Å². The van der Waals surface area contributed by atoms with Crippen LogP contribution in [-0.2, 0) is 32.0 Å². The fraction of sp³-hybridized carbons (Fsp3) is 0.381. The lowest BCUT2D eigenvalue weighted by molar-refractivity contribution is -0.142. The average molecular weight is 476 g/mol. The normalized spacial score (nSPS) is 14.3. The van der Waals surface area contributed by atoms with Crippen molar-refractivity contribution in [2.75, 3.05) is 6.54 Å². The molecule has 34 heavy (non-hydrogen) atoms. The monoisotopic (exact) mass is 476 g/mol. The van der Waals surface area contributed by atoms with Gasteiger partial charge in [-0.25, -0.2) is 9.78 Å². The molecule has 13 nitrogen and oxygen atoms in total. The van der Waals surface area contributed by atoms with E-state index in [4.69, 9.17) is 5.73 Å². The molecule has 4 atom stereocenters. The van der Waals surface area contributed by atoms with Crippen molar-refractivity contribution in [1.82, 2.24) is 25.9 Å². The number of hydrogen-bond acceptors (Lipinski definition) is 8. The fourth-order valence-corrected chi connectivity index (χ4v) is 3.06. The predicted molar refractivity (Wildman–Crippen MR) is 118 cm³/mol. The van der Waals surface area contributed by atoms with E-state index < -0.39 is 54.5 Å². The van der Waals surface area contributed by atoms with E-state index in [0.717, 1.165) is 0 Å². The van der Waals surface area contributed by atoms with Gasteiger partial charge in [-0.2, -0.15) is 0 Å². The van der Waals surface area contributed by atoms with Gasteiger partial charge in [-0.1, -0.05) is 12.1 Å². The lowest BCUT2D eigenvalue weighted by atomic mass is 10.0. The standard InChI is InChI=1S/C21H28N6O7/c1-11(28)18(27-17(30)8-22)20(32)25-15(6-12-2-4-14(29)5-3-12)19(31)26-16(21(33)34)7-13-9-23-10-24-13/h2-5,9-11,15-16,18,28-29H,6-8,22H2,1H3,(H,23,24)(H,25,32)(H,26,31)(H,27,30)(H,33,34). The van der Waals surface area contributed by atoms with Crippen LogP contribution >= 0.6 is 0 Å². The van der Waals surface area contributed by atoms with Gasteiger partial charge in [0.25, 0.3) is 0 Å². The quantitative estimate of drug-likeness (QED) is 0.166. The average Bonchev–Trinajstić information content (AvgIpc) is 3.30. The Morgan fingerprint density at radius 3 is 2.21 bits per heavy atom. The summed E-state index contributed by atoms with van der Waals surface area (Å²) >= 11 is 0. The number of aromatic hydroxyl groups is 1. The number of hydrogen-bond donors (Lipinski definition) is 8. The van der Waals surface area contributed by atoms with Crippen LogP contribution in [0.3, 0.4) is 0 Å². The van der Waals surface area contributed by atoms with Gasteiger partial charge < -0.3 is 42.0 Å². The molecular formula is C21H28N6O7. The van der Waals surface area contributed by atoms with E-state index in [-0.39, 0.29) is 18.6 Å². The maximum Gasteiger partial charge on any atom is 0.326 e. The molecule has 0 aliphatic carbocycles. The van der Waals surface area contributed by atoms with Crippen molar-refractivity contribution < 1.29 is 34.5 Å². The van der Waals surface area contributed by atoms with Crippen molar-refractivity contribution >= 4 is 23.7 Å². The number of nitrogens with two attached hydrogens (primary N) is 1. The summed E-state index contributed by atoms with van der Waals surface area (Å²) in [5, 5.41) is 36.1. The van der Waals surface area contributed by atoms with Gasteiger partial charge >= 0.3 is 5.97 Å². The SMILES string of the molecule is CC(O)C(NC(=O)CN)C(=O)NC(Cc1ccc(O)cc1)C(=O)NC(Cc1cnc[nH]1)C(=O)O. The highest BCUT2D eigenvalue weighted by Crippen LogP contribution is 2.12. The first-order valence-corrected chi connectivity index (χ1v) is 10.4. The number of aromatic nitrogens is 2. The minimum atomic E-state index is -1.40. The first-order valence-electron chi connectivity index (χ1n) is 10.4. The second kappa shape index (κ2) is 12.3. The second-order valence-corrected chi connectivity index (χ2v) is 7.60. The first kappa shape index (κ1) is 26.3. The number of nitrogens with one attached hydrogen (secondary N) is 4. The Morgan fingerprint density at radius 2 is 1.68 bits per heavy atom. The van der Waals surface area contributed by atoms with E-state index in [2.05, 4.69) is 25.9 Å². The summed E-state index contributed by atoms with van der Waals surface area (Å²) in [4.78, 5) is 55.7. The van der Waals surface area contributed by atoms with Crippen LogP contribution in [0.4, 0.5) is 0 Å². The highest BCUT2D eigenvalue weighted by atomic mass is 16.4. The first-order chi connectivity index (χ1) is 16.1. The number of carboxylic acids is 1. The molecule has 0 radical (unpaired) electrons. The van der Waals surface area contributed by atoms with Gasteiger partial charge in [0.05, 0.1) is 19.0 Å². The van der Waals surface area contributed by atoms with Crippen LogP contribution in [0.5, 0.6) is 5.75 Å². The Balaban J connectivity index is 2.23. The third-order valence-corrected chi connectivity index (χ3v) is 4.87. The van der Waals surface area contributed by atoms with Crippen LogP contribution in [-0.4, -0.2) is 79.8 Å². The maximum atomic E-state index is 13.0. The number of rotatable bonds is 12. The lowest BCUT2D eigenvalue weighted by Crippen LogP contribution is -2.59. The molecule has 0 fully saturated rings. The molecule has 0 aliphatic rings. The predicted octanol–water partition coefficient (Wildman–Crippen LogP) is -2.22. The topological polar surface area (TPSA) is 220 Å². The number of aliphatic hydroxyl groups is 1. The molecule has 0 saturated heterocycles. The molecule has 2 aromatic rings. The smallest absolute Gasteiger partial charge is 0.326 e. The molecule has 2 rings (SSSR count). The minimum absolute atomic E-state index is 0.00190. The molecule has 9 N–H and O–H groups in total. The number of carboxylic acid groups (broad SMARTS) is 1. The number of H-pyrrole nitrogens is 1. The summed E-state index contributed by atoms with van der Waals surface area (Å²) in [6.07, 6.45) is 1.34. The van der Waals surface area contributed by atoms with E-state index in [9.17, 15) is 34.5 Å². The molecule has 0 aliphatic heterocycles. The number of aliphatic carboxylic acids is 1. The van der Waals surface area contributed by atoms with E-state index in [1.807, 2.05) is 0 Å². The second-order valence-electron chi connectivity index (χ2n) is 7.60. The number of carbonyl (C=O) groups excluding carboxylic acids is 3. The van der Waals surface area contributed by atoms with E-state index in [0.29, 0.717) is 11.3 Å². The van der Waals surface area contributed by atoms with Gasteiger partial charge in [-0.15, -0.1) is 0 Å². The molecule has 0 saturated carbocycles. The third-order valence-electron chi connectivity index (χ3n) is 4.87. The highest BCUT2D eigenvalue weighted by molar-refractivity contribution is 5.94. The van der Waals surface area contributed by atoms with Gasteiger partial charge in [0.15, 0.2) is 0 Å². The van der Waals surface area contributed by atoms with E-state index in [1.165, 1.54) is 43.7 Å². The lowest BCUT2D eigenvalue weighted by Gasteiger charge is -2.25.